The first kappa shape index (κ1) is 26.6. The van der Waals surface area contributed by atoms with Crippen LogP contribution in [0.3, 0.4) is 0 Å². The molecule has 2 N–H and O–H groups in total. The second kappa shape index (κ2) is 9.80. The zero-order valence-electron chi connectivity index (χ0n) is 16.7. The van der Waals surface area contributed by atoms with Crippen LogP contribution in [0.15, 0.2) is 28.4 Å². The van der Waals surface area contributed by atoms with Crippen molar-refractivity contribution in [2.45, 2.75) is 26.2 Å². The first-order chi connectivity index (χ1) is 14.6. The fourth-order valence-corrected chi connectivity index (χ4v) is 2.63. The predicted molar refractivity (Wildman–Crippen MR) is 100 cm³/mol. The molecule has 0 radical (unpaired) electrons. The molecular formula is C16H17F6N5O5. The van der Waals surface area contributed by atoms with Crippen LogP contribution in [-0.4, -0.2) is 42.2 Å². The van der Waals surface area contributed by atoms with Crippen molar-refractivity contribution in [3.05, 3.63) is 49.2 Å². The normalized spacial score (nSPS) is 13.6. The Bertz CT molecular complexity index is 919. The maximum atomic E-state index is 13.6. The van der Waals surface area contributed by atoms with E-state index in [2.05, 4.69) is 4.99 Å². The van der Waals surface area contributed by atoms with Gasteiger partial charge >= 0.3 is 23.7 Å². The summed E-state index contributed by atoms with van der Waals surface area (Å²) in [5, 5.41) is 23.0. The Morgan fingerprint density at radius 1 is 1.12 bits per heavy atom. The lowest BCUT2D eigenvalue weighted by atomic mass is 10.1. The van der Waals surface area contributed by atoms with Gasteiger partial charge in [0.25, 0.3) is 0 Å². The molecule has 0 aliphatic rings. The van der Waals surface area contributed by atoms with Gasteiger partial charge in [0, 0.05) is 31.5 Å². The number of alkyl halides is 6. The van der Waals surface area contributed by atoms with Crippen molar-refractivity contribution in [3.63, 3.8) is 0 Å². The highest BCUT2D eigenvalue weighted by atomic mass is 19.4. The van der Waals surface area contributed by atoms with Gasteiger partial charge in [-0.05, 0) is 13.8 Å². The third-order valence-electron chi connectivity index (χ3n) is 3.85. The van der Waals surface area contributed by atoms with Crippen molar-refractivity contribution in [3.8, 4) is 0 Å². The minimum Gasteiger partial charge on any atom is -0.402 e. The minimum absolute atomic E-state index is 0.0269. The van der Waals surface area contributed by atoms with Crippen LogP contribution < -0.4 is 10.6 Å². The number of benzene rings is 1. The van der Waals surface area contributed by atoms with E-state index in [1.54, 1.807) is 0 Å². The first-order valence-corrected chi connectivity index (χ1v) is 8.47. The molecule has 178 valence electrons. The second-order valence-corrected chi connectivity index (χ2v) is 6.03. The molecule has 0 fully saturated rings. The highest BCUT2D eigenvalue weighted by molar-refractivity contribution is 6.13. The van der Waals surface area contributed by atoms with Gasteiger partial charge in [0.05, 0.1) is 15.4 Å². The summed E-state index contributed by atoms with van der Waals surface area (Å²) < 4.78 is 85.4. The van der Waals surface area contributed by atoms with Gasteiger partial charge in [-0.2, -0.15) is 26.3 Å². The van der Waals surface area contributed by atoms with Crippen LogP contribution >= 0.6 is 0 Å². The van der Waals surface area contributed by atoms with Crippen LogP contribution in [0.1, 0.15) is 19.4 Å². The van der Waals surface area contributed by atoms with Gasteiger partial charge in [-0.3, -0.25) is 30.1 Å². The summed E-state index contributed by atoms with van der Waals surface area (Å²) in [6.45, 7) is 1.11. The predicted octanol–water partition coefficient (Wildman–Crippen LogP) is 4.15. The van der Waals surface area contributed by atoms with Crippen molar-refractivity contribution >= 4 is 22.9 Å². The summed E-state index contributed by atoms with van der Waals surface area (Å²) in [7, 11) is 0.838. The van der Waals surface area contributed by atoms with Crippen molar-refractivity contribution < 1.29 is 40.9 Å². The van der Waals surface area contributed by atoms with E-state index in [0.29, 0.717) is 4.90 Å². The zero-order valence-corrected chi connectivity index (χ0v) is 16.7. The molecule has 0 atom stereocenters. The zero-order chi connectivity index (χ0) is 25.0. The number of anilines is 1. The number of rotatable bonds is 7. The number of halogens is 6. The lowest BCUT2D eigenvalue weighted by Crippen LogP contribution is -2.40. The van der Waals surface area contributed by atoms with Gasteiger partial charge in [0.1, 0.15) is 18.1 Å². The molecular weight excluding hydrogens is 456 g/mol. The van der Waals surface area contributed by atoms with E-state index in [1.165, 1.54) is 6.92 Å². The van der Waals surface area contributed by atoms with E-state index in [9.17, 15) is 46.6 Å². The van der Waals surface area contributed by atoms with E-state index in [0.717, 1.165) is 14.0 Å². The first-order valence-electron chi connectivity index (χ1n) is 8.47. The summed E-state index contributed by atoms with van der Waals surface area (Å²) in [4.78, 5) is 24.0. The molecule has 0 aromatic heterocycles. The fraction of sp³-hybridized carbons (Fsp3) is 0.438. The number of nitro benzene ring substituents is 2. The lowest BCUT2D eigenvalue weighted by molar-refractivity contribution is -0.393. The number of allylic oxidation sites excluding steroid dienone is 1. The SMILES string of the molecule is CCOCN(C(=NC)C(=C(C)N)C(F)(F)F)c1c([N+](=O)[O-])cc(C(F)(F)F)cc1[N+](=O)[O-]. The van der Waals surface area contributed by atoms with E-state index >= 15 is 0 Å². The molecule has 16 heteroatoms. The number of hydrogen-bond donors (Lipinski definition) is 1. The average molecular weight is 473 g/mol. The lowest BCUT2D eigenvalue weighted by Gasteiger charge is -2.28. The van der Waals surface area contributed by atoms with Crippen molar-refractivity contribution in [2.75, 3.05) is 25.3 Å². The van der Waals surface area contributed by atoms with E-state index < -0.39 is 68.7 Å². The molecule has 1 aromatic carbocycles. The van der Waals surface area contributed by atoms with Crippen molar-refractivity contribution in [1.29, 1.82) is 0 Å². The quantitative estimate of drug-likeness (QED) is 0.157. The number of nitrogens with zero attached hydrogens (tertiary/aromatic N) is 4. The number of amidine groups is 1. The smallest absolute Gasteiger partial charge is 0.402 e. The molecule has 0 saturated carbocycles. The molecule has 0 amide bonds. The third-order valence-corrected chi connectivity index (χ3v) is 3.85. The molecule has 0 heterocycles. The molecule has 32 heavy (non-hydrogen) atoms. The van der Waals surface area contributed by atoms with Gasteiger partial charge in [-0.15, -0.1) is 0 Å². The largest absolute Gasteiger partial charge is 0.421 e. The Balaban J connectivity index is 4.11. The Kier molecular flexibility index (Phi) is 8.15. The van der Waals surface area contributed by atoms with Crippen LogP contribution in [0.25, 0.3) is 0 Å². The van der Waals surface area contributed by atoms with Crippen LogP contribution in [0.5, 0.6) is 0 Å². The summed E-state index contributed by atoms with van der Waals surface area (Å²) in [6, 6.07) is -0.0539. The molecule has 1 aromatic rings. The topological polar surface area (TPSA) is 137 Å². The summed E-state index contributed by atoms with van der Waals surface area (Å²) in [5.41, 5.74) is -3.04. The molecule has 0 aliphatic heterocycles. The number of ether oxygens (including phenoxy) is 1. The molecule has 10 nitrogen and oxygen atoms in total. The highest BCUT2D eigenvalue weighted by Gasteiger charge is 2.45. The van der Waals surface area contributed by atoms with Gasteiger partial charge in [0.2, 0.25) is 5.69 Å². The molecule has 0 bridgehead atoms. The molecule has 0 unspecified atom stereocenters. The second-order valence-electron chi connectivity index (χ2n) is 6.03. The Labute approximate surface area is 176 Å². The maximum Gasteiger partial charge on any atom is 0.421 e. The van der Waals surface area contributed by atoms with E-state index in [4.69, 9.17) is 10.5 Å². The Morgan fingerprint density at radius 3 is 1.88 bits per heavy atom. The summed E-state index contributed by atoms with van der Waals surface area (Å²) in [5.74, 6) is -1.13. The van der Waals surface area contributed by atoms with Gasteiger partial charge < -0.3 is 10.5 Å². The standard InChI is InChI=1S/C16H17F6N5O5/c1-4-32-7-25(14(24-3)12(8(2)23)16(20,21)22)13-10(26(28)29)5-9(15(17,18)19)6-11(13)27(30)31/h5-6H,4,7,23H2,1-3H3. The number of nitro groups is 2. The number of hydrogen-bond acceptors (Lipinski definition) is 7. The number of aliphatic imine (C=N–C) groups is 1. The van der Waals surface area contributed by atoms with Crippen LogP contribution in [0.4, 0.5) is 43.4 Å². The third kappa shape index (κ3) is 5.83. The van der Waals surface area contributed by atoms with E-state index in [1.807, 2.05) is 0 Å². The summed E-state index contributed by atoms with van der Waals surface area (Å²) >= 11 is 0. The van der Waals surface area contributed by atoms with Crippen molar-refractivity contribution in [1.82, 2.24) is 0 Å². The molecule has 0 saturated heterocycles. The highest BCUT2D eigenvalue weighted by Crippen LogP contribution is 2.44. The number of nitrogens with two attached hydrogens (primary N) is 1. The van der Waals surface area contributed by atoms with Gasteiger partial charge in [0.15, 0.2) is 0 Å². The van der Waals surface area contributed by atoms with Crippen LogP contribution in [0.2, 0.25) is 0 Å². The monoisotopic (exact) mass is 473 g/mol. The molecule has 0 spiro atoms. The Morgan fingerprint density at radius 2 is 1.59 bits per heavy atom. The van der Waals surface area contributed by atoms with Gasteiger partial charge in [-0.25, -0.2) is 0 Å². The van der Waals surface area contributed by atoms with Crippen LogP contribution in [-0.2, 0) is 10.9 Å². The average Bonchev–Trinajstić information content (AvgIpc) is 2.64. The van der Waals surface area contributed by atoms with E-state index in [-0.39, 0.29) is 18.7 Å². The molecule has 1 rings (SSSR count). The Hall–Kier alpha value is -3.43. The van der Waals surface area contributed by atoms with Crippen LogP contribution in [0, 0.1) is 20.2 Å². The van der Waals surface area contributed by atoms with Crippen molar-refractivity contribution in [2.24, 2.45) is 10.7 Å². The minimum atomic E-state index is -5.22. The molecule has 0 aliphatic carbocycles. The van der Waals surface area contributed by atoms with Gasteiger partial charge in [-0.1, -0.05) is 0 Å². The maximum absolute atomic E-state index is 13.6. The summed E-state index contributed by atoms with van der Waals surface area (Å²) in [6.07, 6.45) is -10.4. The fourth-order valence-electron chi connectivity index (χ4n) is 2.63.